The minimum Gasteiger partial charge on any atom is -0.495 e. The average Bonchev–Trinajstić information content (AvgIpc) is 3.11. The van der Waals surface area contributed by atoms with E-state index in [4.69, 9.17) is 4.74 Å². The van der Waals surface area contributed by atoms with Crippen LogP contribution in [0.5, 0.6) is 5.75 Å². The van der Waals surface area contributed by atoms with Crippen LogP contribution in [0, 0.1) is 6.92 Å². The summed E-state index contributed by atoms with van der Waals surface area (Å²) in [6, 6.07) is 16.9. The average molecular weight is 359 g/mol. The van der Waals surface area contributed by atoms with Crippen LogP contribution >= 0.6 is 0 Å². The van der Waals surface area contributed by atoms with Crippen molar-refractivity contribution < 1.29 is 9.53 Å². The lowest BCUT2D eigenvalue weighted by Gasteiger charge is -2.10. The van der Waals surface area contributed by atoms with Crippen molar-refractivity contribution in [2.24, 2.45) is 0 Å². The van der Waals surface area contributed by atoms with Crippen LogP contribution in [0.25, 0.3) is 17.2 Å². The number of aryl methyl sites for hydroxylation is 1. The molecule has 0 aliphatic rings. The molecule has 0 atom stereocenters. The molecule has 1 N–H and O–H groups in total. The summed E-state index contributed by atoms with van der Waals surface area (Å²) in [6.45, 7) is 1.77. The van der Waals surface area contributed by atoms with Crippen LogP contribution in [0.4, 0.5) is 5.69 Å². The highest BCUT2D eigenvalue weighted by Crippen LogP contribution is 2.24. The number of fused-ring (bicyclic) bond motifs is 1. The fourth-order valence-corrected chi connectivity index (χ4v) is 2.77. The van der Waals surface area contributed by atoms with Crippen LogP contribution in [0.3, 0.4) is 0 Å². The maximum absolute atomic E-state index is 12.8. The standard InChI is InChI=1S/C20H17N5O2/c1-13-15(19(26)22-16-10-6-7-11-17(16)27-2)12-25-20(21-13)23-18(24-25)14-8-4-3-5-9-14/h3-12H,1-2H3,(H,22,26). The molecule has 0 aliphatic carbocycles. The minimum absolute atomic E-state index is 0.289. The topological polar surface area (TPSA) is 81.4 Å². The zero-order valence-corrected chi connectivity index (χ0v) is 14.9. The van der Waals surface area contributed by atoms with Gasteiger partial charge >= 0.3 is 0 Å². The first-order valence-corrected chi connectivity index (χ1v) is 8.39. The third-order valence-corrected chi connectivity index (χ3v) is 4.15. The van der Waals surface area contributed by atoms with E-state index < -0.39 is 0 Å². The van der Waals surface area contributed by atoms with Gasteiger partial charge in [-0.15, -0.1) is 5.10 Å². The highest BCUT2D eigenvalue weighted by molar-refractivity contribution is 6.05. The lowest BCUT2D eigenvalue weighted by Crippen LogP contribution is -2.16. The van der Waals surface area contributed by atoms with Crippen molar-refractivity contribution in [3.63, 3.8) is 0 Å². The van der Waals surface area contributed by atoms with Gasteiger partial charge in [0.15, 0.2) is 5.82 Å². The van der Waals surface area contributed by atoms with Crippen LogP contribution in [-0.2, 0) is 0 Å². The summed E-state index contributed by atoms with van der Waals surface area (Å²) in [7, 11) is 1.56. The van der Waals surface area contributed by atoms with E-state index in [1.807, 2.05) is 42.5 Å². The largest absolute Gasteiger partial charge is 0.495 e. The Morgan fingerprint density at radius 1 is 1.04 bits per heavy atom. The Bertz CT molecular complexity index is 1120. The second-order valence-corrected chi connectivity index (χ2v) is 5.94. The molecule has 7 heteroatoms. The second-order valence-electron chi connectivity index (χ2n) is 5.94. The number of amides is 1. The number of anilines is 1. The normalized spacial score (nSPS) is 10.7. The van der Waals surface area contributed by atoms with Gasteiger partial charge in [0.25, 0.3) is 11.7 Å². The number of hydrogen-bond donors (Lipinski definition) is 1. The number of hydrogen-bond acceptors (Lipinski definition) is 5. The number of carbonyl (C=O) groups is 1. The predicted octanol–water partition coefficient (Wildman–Crippen LogP) is 3.36. The second kappa shape index (κ2) is 6.87. The smallest absolute Gasteiger partial charge is 0.259 e. The van der Waals surface area contributed by atoms with E-state index in [9.17, 15) is 4.79 Å². The number of aromatic nitrogens is 4. The number of benzene rings is 2. The summed E-state index contributed by atoms with van der Waals surface area (Å²) in [5, 5.41) is 7.30. The first-order chi connectivity index (χ1) is 13.2. The van der Waals surface area contributed by atoms with Crippen LogP contribution in [-0.4, -0.2) is 32.6 Å². The van der Waals surface area contributed by atoms with Crippen molar-refractivity contribution in [3.05, 3.63) is 72.1 Å². The summed E-state index contributed by atoms with van der Waals surface area (Å²) in [4.78, 5) is 21.6. The Labute approximate surface area is 155 Å². The summed E-state index contributed by atoms with van der Waals surface area (Å²) in [6.07, 6.45) is 1.64. The summed E-state index contributed by atoms with van der Waals surface area (Å²) in [5.74, 6) is 1.30. The van der Waals surface area contributed by atoms with Gasteiger partial charge in [-0.05, 0) is 19.1 Å². The van der Waals surface area contributed by atoms with Gasteiger partial charge in [0.1, 0.15) is 5.75 Å². The molecule has 0 aliphatic heterocycles. The van der Waals surface area contributed by atoms with Gasteiger partial charge in [-0.1, -0.05) is 42.5 Å². The van der Waals surface area contributed by atoms with Gasteiger partial charge in [0.2, 0.25) is 0 Å². The molecule has 4 rings (SSSR count). The predicted molar refractivity (Wildman–Crippen MR) is 102 cm³/mol. The van der Waals surface area contributed by atoms with Crippen LogP contribution in [0.15, 0.2) is 60.8 Å². The van der Waals surface area contributed by atoms with Crippen molar-refractivity contribution >= 4 is 17.4 Å². The van der Waals surface area contributed by atoms with Gasteiger partial charge in [-0.2, -0.15) is 4.98 Å². The fraction of sp³-hybridized carbons (Fsp3) is 0.100. The SMILES string of the molecule is COc1ccccc1NC(=O)c1cn2nc(-c3ccccc3)nc2nc1C. The lowest BCUT2D eigenvalue weighted by molar-refractivity contribution is 0.102. The molecule has 2 heterocycles. The van der Waals surface area contributed by atoms with Crippen LogP contribution in [0.1, 0.15) is 16.1 Å². The van der Waals surface area contributed by atoms with Gasteiger partial charge < -0.3 is 10.1 Å². The van der Waals surface area contributed by atoms with Crippen molar-refractivity contribution in [1.29, 1.82) is 0 Å². The monoisotopic (exact) mass is 359 g/mol. The maximum atomic E-state index is 12.8. The number of rotatable bonds is 4. The highest BCUT2D eigenvalue weighted by Gasteiger charge is 2.16. The van der Waals surface area contributed by atoms with E-state index >= 15 is 0 Å². The van der Waals surface area contributed by atoms with E-state index in [0.29, 0.717) is 34.3 Å². The van der Waals surface area contributed by atoms with Gasteiger partial charge in [-0.3, -0.25) is 4.79 Å². The molecular weight excluding hydrogens is 342 g/mol. The molecule has 0 saturated carbocycles. The molecule has 0 spiro atoms. The number of nitrogens with one attached hydrogen (secondary N) is 1. The molecule has 2 aromatic carbocycles. The number of carbonyl (C=O) groups excluding carboxylic acids is 1. The molecule has 0 saturated heterocycles. The van der Waals surface area contributed by atoms with E-state index in [1.54, 1.807) is 32.4 Å². The summed E-state index contributed by atoms with van der Waals surface area (Å²) < 4.78 is 6.80. The number of methoxy groups -OCH3 is 1. The quantitative estimate of drug-likeness (QED) is 0.604. The Hall–Kier alpha value is -3.74. The van der Waals surface area contributed by atoms with E-state index in [2.05, 4.69) is 20.4 Å². The number of nitrogens with zero attached hydrogens (tertiary/aromatic N) is 4. The minimum atomic E-state index is -0.289. The summed E-state index contributed by atoms with van der Waals surface area (Å²) in [5.41, 5.74) is 2.47. The Balaban J connectivity index is 1.69. The van der Waals surface area contributed by atoms with Gasteiger partial charge in [0.05, 0.1) is 24.1 Å². The molecule has 134 valence electrons. The molecular formula is C20H17N5O2. The molecule has 1 amide bonds. The fourth-order valence-electron chi connectivity index (χ4n) is 2.77. The zero-order chi connectivity index (χ0) is 18.8. The third-order valence-electron chi connectivity index (χ3n) is 4.15. The Kier molecular flexibility index (Phi) is 4.25. The molecule has 2 aromatic heterocycles. The first-order valence-electron chi connectivity index (χ1n) is 8.39. The van der Waals surface area contributed by atoms with Crippen molar-refractivity contribution in [3.8, 4) is 17.1 Å². The van der Waals surface area contributed by atoms with E-state index in [-0.39, 0.29) is 5.91 Å². The molecule has 4 aromatic rings. The molecule has 0 fully saturated rings. The third kappa shape index (κ3) is 3.22. The summed E-state index contributed by atoms with van der Waals surface area (Å²) >= 11 is 0. The van der Waals surface area contributed by atoms with Gasteiger partial charge in [0, 0.05) is 11.8 Å². The van der Waals surface area contributed by atoms with Crippen molar-refractivity contribution in [2.75, 3.05) is 12.4 Å². The number of para-hydroxylation sites is 2. The zero-order valence-electron chi connectivity index (χ0n) is 14.9. The highest BCUT2D eigenvalue weighted by atomic mass is 16.5. The molecule has 27 heavy (non-hydrogen) atoms. The molecule has 0 bridgehead atoms. The van der Waals surface area contributed by atoms with E-state index in [0.717, 1.165) is 5.56 Å². The van der Waals surface area contributed by atoms with E-state index in [1.165, 1.54) is 4.52 Å². The Morgan fingerprint density at radius 2 is 1.78 bits per heavy atom. The molecule has 0 radical (unpaired) electrons. The maximum Gasteiger partial charge on any atom is 0.259 e. The van der Waals surface area contributed by atoms with Crippen molar-refractivity contribution in [2.45, 2.75) is 6.92 Å². The van der Waals surface area contributed by atoms with Crippen LogP contribution in [0.2, 0.25) is 0 Å². The lowest BCUT2D eigenvalue weighted by atomic mass is 10.2. The molecule has 7 nitrogen and oxygen atoms in total. The molecule has 0 unspecified atom stereocenters. The first kappa shape index (κ1) is 16.7. The number of ether oxygens (including phenoxy) is 1. The van der Waals surface area contributed by atoms with Crippen LogP contribution < -0.4 is 10.1 Å². The Morgan fingerprint density at radius 3 is 2.56 bits per heavy atom. The van der Waals surface area contributed by atoms with Gasteiger partial charge in [-0.25, -0.2) is 9.50 Å². The van der Waals surface area contributed by atoms with Crippen molar-refractivity contribution in [1.82, 2.24) is 19.6 Å².